The van der Waals surface area contributed by atoms with E-state index in [9.17, 15) is 0 Å². The lowest BCUT2D eigenvalue weighted by atomic mass is 10.1. The molecular formula is C11H9BrClN3. The molecule has 2 N–H and O–H groups in total. The van der Waals surface area contributed by atoms with Crippen LogP contribution < -0.4 is 5.73 Å². The van der Waals surface area contributed by atoms with E-state index >= 15 is 0 Å². The summed E-state index contributed by atoms with van der Waals surface area (Å²) in [4.78, 5) is 0. The van der Waals surface area contributed by atoms with Crippen molar-refractivity contribution in [2.75, 3.05) is 5.73 Å². The van der Waals surface area contributed by atoms with Gasteiger partial charge in [0.15, 0.2) is 5.82 Å². The van der Waals surface area contributed by atoms with Gasteiger partial charge in [0.2, 0.25) is 0 Å². The molecule has 2 aromatic rings. The minimum atomic E-state index is 0.262. The van der Waals surface area contributed by atoms with Crippen molar-refractivity contribution in [1.29, 1.82) is 0 Å². The van der Waals surface area contributed by atoms with Gasteiger partial charge in [-0.25, -0.2) is 0 Å². The van der Waals surface area contributed by atoms with Crippen molar-refractivity contribution in [3.63, 3.8) is 0 Å². The van der Waals surface area contributed by atoms with E-state index in [2.05, 4.69) is 26.1 Å². The molecule has 0 aliphatic heterocycles. The van der Waals surface area contributed by atoms with E-state index in [1.807, 2.05) is 24.3 Å². The Bertz CT molecular complexity index is 516. The molecule has 1 aromatic carbocycles. The zero-order valence-electron chi connectivity index (χ0n) is 8.32. The highest BCUT2D eigenvalue weighted by Gasteiger charge is 2.05. The lowest BCUT2D eigenvalue weighted by Crippen LogP contribution is -1.99. The van der Waals surface area contributed by atoms with Crippen molar-refractivity contribution in [2.24, 2.45) is 0 Å². The number of nitrogens with zero attached hydrogens (tertiary/aromatic N) is 2. The molecule has 0 aliphatic carbocycles. The molecule has 0 saturated carbocycles. The minimum Gasteiger partial charge on any atom is -0.381 e. The van der Waals surface area contributed by atoms with Crippen LogP contribution in [0.3, 0.4) is 0 Å². The maximum Gasteiger partial charge on any atom is 0.164 e. The zero-order valence-corrected chi connectivity index (χ0v) is 10.7. The van der Waals surface area contributed by atoms with Crippen LogP contribution >= 0.6 is 27.5 Å². The lowest BCUT2D eigenvalue weighted by molar-refractivity contribution is 0.943. The molecular weight excluding hydrogens is 289 g/mol. The average Bonchev–Trinajstić information content (AvgIpc) is 2.27. The largest absolute Gasteiger partial charge is 0.381 e. The normalized spacial score (nSPS) is 10.4. The van der Waals surface area contributed by atoms with Gasteiger partial charge in [0.05, 0.1) is 10.7 Å². The van der Waals surface area contributed by atoms with Crippen molar-refractivity contribution in [1.82, 2.24) is 10.2 Å². The number of benzene rings is 1. The Morgan fingerprint density at radius 2 is 2.00 bits per heavy atom. The van der Waals surface area contributed by atoms with Gasteiger partial charge in [0.25, 0.3) is 0 Å². The first-order valence-corrected chi connectivity index (χ1v) is 5.85. The number of halogens is 2. The molecule has 0 amide bonds. The van der Waals surface area contributed by atoms with E-state index in [1.165, 1.54) is 0 Å². The zero-order chi connectivity index (χ0) is 11.5. The van der Waals surface area contributed by atoms with Gasteiger partial charge in [0.1, 0.15) is 0 Å². The molecule has 1 heterocycles. The Kier molecular flexibility index (Phi) is 3.41. The number of hydrogen-bond acceptors (Lipinski definition) is 3. The fourth-order valence-corrected chi connectivity index (χ4v) is 1.93. The van der Waals surface area contributed by atoms with Crippen LogP contribution in [0.25, 0.3) is 0 Å². The Morgan fingerprint density at radius 3 is 2.69 bits per heavy atom. The monoisotopic (exact) mass is 297 g/mol. The van der Waals surface area contributed by atoms with Gasteiger partial charge in [-0.1, -0.05) is 45.7 Å². The number of nitrogen functional groups attached to an aromatic ring is 1. The number of anilines is 1. The van der Waals surface area contributed by atoms with E-state index < -0.39 is 0 Å². The second kappa shape index (κ2) is 4.80. The molecule has 0 aliphatic rings. The van der Waals surface area contributed by atoms with Crippen molar-refractivity contribution in [3.8, 4) is 0 Å². The summed E-state index contributed by atoms with van der Waals surface area (Å²) >= 11 is 9.36. The van der Waals surface area contributed by atoms with Crippen molar-refractivity contribution in [2.45, 2.75) is 6.42 Å². The summed E-state index contributed by atoms with van der Waals surface area (Å²) in [5.74, 6) is 0.262. The van der Waals surface area contributed by atoms with E-state index in [4.69, 9.17) is 17.3 Å². The molecule has 0 saturated heterocycles. The van der Waals surface area contributed by atoms with Crippen LogP contribution in [0.5, 0.6) is 0 Å². The van der Waals surface area contributed by atoms with Gasteiger partial charge in [0, 0.05) is 10.9 Å². The fourth-order valence-electron chi connectivity index (χ4n) is 1.34. The number of nitrogens with two attached hydrogens (primary N) is 1. The topological polar surface area (TPSA) is 51.8 Å². The Morgan fingerprint density at radius 1 is 1.25 bits per heavy atom. The second-order valence-electron chi connectivity index (χ2n) is 3.34. The summed E-state index contributed by atoms with van der Waals surface area (Å²) in [5.41, 5.74) is 7.43. The van der Waals surface area contributed by atoms with Crippen molar-refractivity contribution >= 4 is 33.3 Å². The molecule has 0 atom stereocenters. The first-order valence-electron chi connectivity index (χ1n) is 4.68. The molecule has 5 heteroatoms. The first kappa shape index (κ1) is 11.4. The third-order valence-corrected chi connectivity index (χ3v) is 3.23. The summed E-state index contributed by atoms with van der Waals surface area (Å²) in [6, 6.07) is 9.70. The molecule has 0 radical (unpaired) electrons. The summed E-state index contributed by atoms with van der Waals surface area (Å²) in [7, 11) is 0. The molecule has 0 bridgehead atoms. The molecule has 3 nitrogen and oxygen atoms in total. The highest BCUT2D eigenvalue weighted by molar-refractivity contribution is 9.10. The van der Waals surface area contributed by atoms with Crippen LogP contribution in [-0.4, -0.2) is 10.2 Å². The summed E-state index contributed by atoms with van der Waals surface area (Å²) in [6.07, 6.45) is 0.675. The van der Waals surface area contributed by atoms with E-state index in [-0.39, 0.29) is 5.82 Å². The van der Waals surface area contributed by atoms with Gasteiger partial charge in [-0.3, -0.25) is 0 Å². The Balaban J connectivity index is 2.28. The summed E-state index contributed by atoms with van der Waals surface area (Å²) < 4.78 is 1.05. The molecule has 0 spiro atoms. The Labute approximate surface area is 107 Å². The first-order chi connectivity index (χ1) is 7.66. The van der Waals surface area contributed by atoms with Crippen molar-refractivity contribution in [3.05, 3.63) is 51.1 Å². The van der Waals surface area contributed by atoms with Crippen LogP contribution in [0, 0.1) is 0 Å². The number of rotatable bonds is 2. The van der Waals surface area contributed by atoms with Gasteiger partial charge in [-0.2, -0.15) is 5.10 Å². The third kappa shape index (κ3) is 2.51. The fraction of sp³-hybridized carbons (Fsp3) is 0.0909. The minimum absolute atomic E-state index is 0.262. The van der Waals surface area contributed by atoms with E-state index in [0.29, 0.717) is 11.4 Å². The predicted molar refractivity (Wildman–Crippen MR) is 68.4 cm³/mol. The molecule has 0 unspecified atom stereocenters. The van der Waals surface area contributed by atoms with Gasteiger partial charge in [-0.05, 0) is 17.7 Å². The van der Waals surface area contributed by atoms with Crippen LogP contribution in [0.4, 0.5) is 5.82 Å². The van der Waals surface area contributed by atoms with Crippen LogP contribution in [0.15, 0.2) is 34.8 Å². The molecule has 82 valence electrons. The number of hydrogen-bond donors (Lipinski definition) is 1. The van der Waals surface area contributed by atoms with Crippen LogP contribution in [0.1, 0.15) is 11.3 Å². The predicted octanol–water partition coefficient (Wildman–Crippen LogP) is 3.07. The lowest BCUT2D eigenvalue weighted by Gasteiger charge is -2.04. The van der Waals surface area contributed by atoms with Gasteiger partial charge >= 0.3 is 0 Å². The molecule has 0 fully saturated rings. The van der Waals surface area contributed by atoms with Crippen LogP contribution in [0.2, 0.25) is 5.02 Å². The molecule has 16 heavy (non-hydrogen) atoms. The molecule has 1 aromatic heterocycles. The average molecular weight is 299 g/mol. The molecule has 2 rings (SSSR count). The SMILES string of the molecule is Nc1nnc(Cc2ccccc2Br)cc1Cl. The number of aromatic nitrogens is 2. The standard InChI is InChI=1S/C11H9BrClN3/c12-9-4-2-1-3-7(9)5-8-6-10(13)11(14)16-15-8/h1-4,6H,5H2,(H2,14,16). The van der Waals surface area contributed by atoms with Gasteiger partial charge < -0.3 is 5.73 Å². The van der Waals surface area contributed by atoms with E-state index in [1.54, 1.807) is 6.07 Å². The summed E-state index contributed by atoms with van der Waals surface area (Å²) in [6.45, 7) is 0. The quantitative estimate of drug-likeness (QED) is 0.927. The third-order valence-electron chi connectivity index (χ3n) is 2.15. The van der Waals surface area contributed by atoms with Crippen molar-refractivity contribution < 1.29 is 0 Å². The highest BCUT2D eigenvalue weighted by atomic mass is 79.9. The van der Waals surface area contributed by atoms with Crippen LogP contribution in [-0.2, 0) is 6.42 Å². The smallest absolute Gasteiger partial charge is 0.164 e. The summed E-state index contributed by atoms with van der Waals surface area (Å²) in [5, 5.41) is 8.22. The maximum absolute atomic E-state index is 5.88. The van der Waals surface area contributed by atoms with E-state index in [0.717, 1.165) is 15.7 Å². The maximum atomic E-state index is 5.88. The second-order valence-corrected chi connectivity index (χ2v) is 4.60. The van der Waals surface area contributed by atoms with Gasteiger partial charge in [-0.15, -0.1) is 5.10 Å². The highest BCUT2D eigenvalue weighted by Crippen LogP contribution is 2.21. The Hall–Kier alpha value is -1.13.